The van der Waals surface area contributed by atoms with Crippen LogP contribution < -0.4 is 5.32 Å². The molecule has 1 N–H and O–H groups in total. The lowest BCUT2D eigenvalue weighted by Gasteiger charge is -2.08. The summed E-state index contributed by atoms with van der Waals surface area (Å²) in [6.07, 6.45) is 0.649. The number of thiophene rings is 1. The molecule has 0 aliphatic carbocycles. The van der Waals surface area contributed by atoms with Crippen molar-refractivity contribution in [1.82, 2.24) is 0 Å². The Hall–Kier alpha value is -1.93. The second-order valence-electron chi connectivity index (χ2n) is 4.76. The van der Waals surface area contributed by atoms with Crippen LogP contribution in [0.15, 0.2) is 0 Å². The van der Waals surface area contributed by atoms with Crippen LogP contribution in [-0.2, 0) is 30.2 Å². The van der Waals surface area contributed by atoms with E-state index in [1.54, 1.807) is 13.8 Å². The molecule has 0 unspecified atom stereocenters. The first-order valence-electron chi connectivity index (χ1n) is 7.77. The van der Waals surface area contributed by atoms with Gasteiger partial charge in [-0.25, -0.2) is 9.59 Å². The van der Waals surface area contributed by atoms with Gasteiger partial charge in [0.2, 0.25) is 0 Å². The van der Waals surface area contributed by atoms with Crippen LogP contribution in [0.4, 0.5) is 5.00 Å². The topological polar surface area (TPSA) is 90.9 Å². The molecule has 0 saturated heterocycles. The van der Waals surface area contributed by atoms with Crippen LogP contribution >= 0.6 is 11.3 Å². The van der Waals surface area contributed by atoms with E-state index >= 15 is 0 Å². The molecule has 1 amide bonds. The maximum atomic E-state index is 12.2. The van der Waals surface area contributed by atoms with Crippen LogP contribution in [0.25, 0.3) is 0 Å². The average Bonchev–Trinajstić information content (AvgIpc) is 2.86. The van der Waals surface area contributed by atoms with Gasteiger partial charge < -0.3 is 19.5 Å². The normalized spacial score (nSPS) is 10.3. The van der Waals surface area contributed by atoms with Crippen molar-refractivity contribution >= 4 is 34.2 Å². The summed E-state index contributed by atoms with van der Waals surface area (Å²) in [5.41, 5.74) is 1.22. The van der Waals surface area contributed by atoms with Gasteiger partial charge in [-0.05, 0) is 32.8 Å². The lowest BCUT2D eigenvalue weighted by atomic mass is 10.1. The van der Waals surface area contributed by atoms with Crippen LogP contribution in [0.2, 0.25) is 0 Å². The summed E-state index contributed by atoms with van der Waals surface area (Å²) in [6, 6.07) is 0. The zero-order valence-electron chi connectivity index (χ0n) is 14.4. The molecule has 134 valence electrons. The fourth-order valence-corrected chi connectivity index (χ4v) is 3.20. The van der Waals surface area contributed by atoms with Crippen LogP contribution in [0.3, 0.4) is 0 Å². The smallest absolute Gasteiger partial charge is 0.341 e. The van der Waals surface area contributed by atoms with Crippen LogP contribution in [0.1, 0.15) is 41.6 Å². The number of rotatable bonds is 9. The van der Waals surface area contributed by atoms with Crippen molar-refractivity contribution < 1.29 is 28.6 Å². The molecule has 0 bridgehead atoms. The summed E-state index contributed by atoms with van der Waals surface area (Å²) >= 11 is 1.30. The predicted octanol–water partition coefficient (Wildman–Crippen LogP) is 2.31. The molecule has 1 aromatic rings. The van der Waals surface area contributed by atoms with E-state index in [1.165, 1.54) is 11.3 Å². The molecular formula is C16H23NO6S. The molecule has 0 aliphatic rings. The number of hydrogen-bond acceptors (Lipinski definition) is 7. The zero-order chi connectivity index (χ0) is 18.1. The number of hydrogen-bond donors (Lipinski definition) is 1. The number of amides is 1. The molecule has 7 nitrogen and oxygen atoms in total. The molecule has 0 saturated carbocycles. The van der Waals surface area contributed by atoms with E-state index in [-0.39, 0.29) is 13.2 Å². The molecule has 0 atom stereocenters. The van der Waals surface area contributed by atoms with E-state index in [0.29, 0.717) is 23.6 Å². The second kappa shape index (κ2) is 10.0. The summed E-state index contributed by atoms with van der Waals surface area (Å²) in [5, 5.41) is 3.03. The van der Waals surface area contributed by atoms with Crippen molar-refractivity contribution in [3.8, 4) is 0 Å². The van der Waals surface area contributed by atoms with Crippen LogP contribution in [0.5, 0.6) is 0 Å². The molecule has 24 heavy (non-hydrogen) atoms. The van der Waals surface area contributed by atoms with Crippen molar-refractivity contribution in [2.75, 3.05) is 31.7 Å². The summed E-state index contributed by atoms with van der Waals surface area (Å²) in [6.45, 7) is 7.28. The Kier molecular flexibility index (Phi) is 8.42. The number of anilines is 1. The van der Waals surface area contributed by atoms with Crippen molar-refractivity contribution in [1.29, 1.82) is 0 Å². The van der Waals surface area contributed by atoms with Crippen LogP contribution in [0, 0.1) is 6.92 Å². The lowest BCUT2D eigenvalue weighted by molar-refractivity contribution is -0.151. The zero-order valence-corrected chi connectivity index (χ0v) is 15.2. The number of ether oxygens (including phenoxy) is 3. The van der Waals surface area contributed by atoms with Gasteiger partial charge in [-0.3, -0.25) is 4.79 Å². The fourth-order valence-electron chi connectivity index (χ4n) is 2.05. The van der Waals surface area contributed by atoms with Crippen molar-refractivity contribution in [2.24, 2.45) is 0 Å². The van der Waals surface area contributed by atoms with Crippen LogP contribution in [-0.4, -0.2) is 44.3 Å². The largest absolute Gasteiger partial charge is 0.462 e. The number of aryl methyl sites for hydroxylation is 1. The Morgan fingerprint density at radius 1 is 1.04 bits per heavy atom. The third-order valence-corrected chi connectivity index (χ3v) is 4.15. The quantitative estimate of drug-likeness (QED) is 0.682. The number of esters is 2. The molecule has 0 radical (unpaired) electrons. The maximum Gasteiger partial charge on any atom is 0.341 e. The third kappa shape index (κ3) is 5.61. The molecule has 0 aliphatic heterocycles. The Labute approximate surface area is 145 Å². The summed E-state index contributed by atoms with van der Waals surface area (Å²) in [5.74, 6) is -1.61. The Bertz CT molecular complexity index is 596. The van der Waals surface area contributed by atoms with Gasteiger partial charge in [-0.2, -0.15) is 0 Å². The average molecular weight is 357 g/mol. The highest BCUT2D eigenvalue weighted by Crippen LogP contribution is 2.34. The Morgan fingerprint density at radius 2 is 1.75 bits per heavy atom. The highest BCUT2D eigenvalue weighted by atomic mass is 32.1. The van der Waals surface area contributed by atoms with Crippen molar-refractivity contribution in [2.45, 2.75) is 34.1 Å². The number of carbonyl (C=O) groups is 3. The molecule has 0 aromatic carbocycles. The molecule has 1 aromatic heterocycles. The summed E-state index contributed by atoms with van der Waals surface area (Å²) in [4.78, 5) is 36.4. The minimum absolute atomic E-state index is 0.198. The first-order valence-corrected chi connectivity index (χ1v) is 8.58. The fraction of sp³-hybridized carbons (Fsp3) is 0.562. The van der Waals surface area contributed by atoms with E-state index < -0.39 is 24.5 Å². The minimum Gasteiger partial charge on any atom is -0.462 e. The van der Waals surface area contributed by atoms with Gasteiger partial charge in [-0.1, -0.05) is 6.92 Å². The van der Waals surface area contributed by atoms with Gasteiger partial charge in [0.05, 0.1) is 12.2 Å². The molecule has 8 heteroatoms. The minimum atomic E-state index is -0.616. The third-order valence-electron chi connectivity index (χ3n) is 3.08. The Balaban J connectivity index is 2.78. The summed E-state index contributed by atoms with van der Waals surface area (Å²) < 4.78 is 14.8. The number of carbonyl (C=O) groups excluding carboxylic acids is 3. The van der Waals surface area contributed by atoms with E-state index in [0.717, 1.165) is 10.4 Å². The highest BCUT2D eigenvalue weighted by Gasteiger charge is 2.23. The van der Waals surface area contributed by atoms with Gasteiger partial charge >= 0.3 is 11.9 Å². The monoisotopic (exact) mass is 357 g/mol. The molecule has 0 spiro atoms. The van der Waals surface area contributed by atoms with Gasteiger partial charge in [0, 0.05) is 11.5 Å². The first-order chi connectivity index (χ1) is 11.4. The van der Waals surface area contributed by atoms with Gasteiger partial charge in [0.15, 0.2) is 6.61 Å². The maximum absolute atomic E-state index is 12.2. The Morgan fingerprint density at radius 3 is 2.33 bits per heavy atom. The van der Waals surface area contributed by atoms with E-state index in [1.807, 2.05) is 13.8 Å². The highest BCUT2D eigenvalue weighted by molar-refractivity contribution is 7.16. The molecule has 1 rings (SSSR count). The lowest BCUT2D eigenvalue weighted by Crippen LogP contribution is -2.23. The van der Waals surface area contributed by atoms with E-state index in [2.05, 4.69) is 5.32 Å². The molecule has 0 fully saturated rings. The van der Waals surface area contributed by atoms with Crippen molar-refractivity contribution in [3.63, 3.8) is 0 Å². The molecular weight excluding hydrogens is 334 g/mol. The van der Waals surface area contributed by atoms with Gasteiger partial charge in [0.25, 0.3) is 5.91 Å². The van der Waals surface area contributed by atoms with Gasteiger partial charge in [-0.15, -0.1) is 11.3 Å². The first kappa shape index (κ1) is 20.1. The summed E-state index contributed by atoms with van der Waals surface area (Å²) in [7, 11) is 0. The number of nitrogens with one attached hydrogen (secondary N) is 1. The SMILES string of the molecule is CCOCC(=O)OCC(=O)Nc1sc(C)c(CC)c1C(=O)OCC. The van der Waals surface area contributed by atoms with E-state index in [9.17, 15) is 14.4 Å². The predicted molar refractivity (Wildman–Crippen MR) is 90.5 cm³/mol. The molecule has 1 heterocycles. The van der Waals surface area contributed by atoms with E-state index in [4.69, 9.17) is 14.2 Å². The standard InChI is InChI=1S/C16H23NO6S/c1-5-11-10(4)24-15(14(11)16(20)22-7-3)17-12(18)8-23-13(19)9-21-6-2/h5-9H2,1-4H3,(H,17,18). The second-order valence-corrected chi connectivity index (χ2v) is 5.99. The van der Waals surface area contributed by atoms with Gasteiger partial charge in [0.1, 0.15) is 11.6 Å². The van der Waals surface area contributed by atoms with Crippen molar-refractivity contribution in [3.05, 3.63) is 16.0 Å².